The maximum atomic E-state index is 5.73. The highest BCUT2D eigenvalue weighted by Gasteiger charge is 2.11. The van der Waals surface area contributed by atoms with Gasteiger partial charge in [-0.05, 0) is 35.9 Å². The molecule has 0 saturated heterocycles. The largest absolute Gasteiger partial charge is 0.497 e. The molecule has 0 atom stereocenters. The predicted octanol–water partition coefficient (Wildman–Crippen LogP) is 3.94. The summed E-state index contributed by atoms with van der Waals surface area (Å²) in [5.41, 5.74) is 1.07. The average Bonchev–Trinajstić information content (AvgIpc) is 3.26. The summed E-state index contributed by atoms with van der Waals surface area (Å²) in [7, 11) is 1.66. The smallest absolute Gasteiger partial charge is 0.235 e. The van der Waals surface area contributed by atoms with Crippen LogP contribution in [0, 0.1) is 0 Å². The summed E-state index contributed by atoms with van der Waals surface area (Å²) >= 11 is 1.48. The molecule has 0 spiro atoms. The lowest BCUT2D eigenvalue weighted by molar-refractivity contribution is 0.292. The Labute approximate surface area is 154 Å². The molecule has 0 bridgehead atoms. The van der Waals surface area contributed by atoms with E-state index < -0.39 is 0 Å². The first-order valence-corrected chi connectivity index (χ1v) is 8.84. The lowest BCUT2D eigenvalue weighted by Crippen LogP contribution is -2.02. The molecule has 0 aliphatic carbocycles. The molecule has 2 heterocycles. The van der Waals surface area contributed by atoms with E-state index in [9.17, 15) is 0 Å². The first kappa shape index (κ1) is 16.3. The number of aromatic nitrogens is 4. The number of nitrogens with zero attached hydrogens (tertiary/aromatic N) is 4. The number of benzene rings is 2. The van der Waals surface area contributed by atoms with Crippen LogP contribution in [-0.2, 0) is 6.61 Å². The van der Waals surface area contributed by atoms with Gasteiger partial charge in [-0.25, -0.2) is 0 Å². The number of hydrogen-bond acceptors (Lipinski definition) is 6. The van der Waals surface area contributed by atoms with Crippen molar-refractivity contribution in [3.8, 4) is 11.5 Å². The second-order valence-corrected chi connectivity index (χ2v) is 6.45. The quantitative estimate of drug-likeness (QED) is 0.518. The van der Waals surface area contributed by atoms with Crippen LogP contribution in [0.15, 0.2) is 54.6 Å². The number of para-hydroxylation sites is 1. The van der Waals surface area contributed by atoms with Gasteiger partial charge in [0.1, 0.15) is 23.1 Å². The molecule has 2 aromatic carbocycles. The lowest BCUT2D eigenvalue weighted by atomic mass is 10.2. The maximum absolute atomic E-state index is 5.73. The molecule has 130 valence electrons. The molecule has 0 amide bonds. The Bertz CT molecular complexity index is 1020. The maximum Gasteiger partial charge on any atom is 0.235 e. The summed E-state index contributed by atoms with van der Waals surface area (Å²) in [5, 5.41) is 13.7. The van der Waals surface area contributed by atoms with E-state index >= 15 is 0 Å². The van der Waals surface area contributed by atoms with Gasteiger partial charge in [-0.1, -0.05) is 47.7 Å². The van der Waals surface area contributed by atoms with Crippen molar-refractivity contribution in [1.29, 1.82) is 0 Å². The minimum atomic E-state index is 0.316. The van der Waals surface area contributed by atoms with E-state index in [2.05, 4.69) is 15.3 Å². The van der Waals surface area contributed by atoms with Gasteiger partial charge in [0.2, 0.25) is 4.96 Å². The van der Waals surface area contributed by atoms with Crippen molar-refractivity contribution >= 4 is 28.4 Å². The topological polar surface area (TPSA) is 61.5 Å². The highest BCUT2D eigenvalue weighted by molar-refractivity contribution is 7.17. The molecule has 2 aromatic heterocycles. The third-order valence-corrected chi connectivity index (χ3v) is 4.58. The number of hydrogen-bond donors (Lipinski definition) is 0. The van der Waals surface area contributed by atoms with Gasteiger partial charge in [-0.2, -0.15) is 9.61 Å². The fourth-order valence-electron chi connectivity index (χ4n) is 2.38. The Hall–Kier alpha value is -3.19. The average molecular weight is 364 g/mol. The zero-order valence-electron chi connectivity index (χ0n) is 14.1. The van der Waals surface area contributed by atoms with Crippen LogP contribution in [0.1, 0.15) is 16.4 Å². The van der Waals surface area contributed by atoms with Crippen LogP contribution in [0.3, 0.4) is 0 Å². The third kappa shape index (κ3) is 3.57. The Balaban J connectivity index is 1.49. The molecule has 6 nitrogen and oxygen atoms in total. The van der Waals surface area contributed by atoms with Crippen LogP contribution in [0.5, 0.6) is 11.5 Å². The van der Waals surface area contributed by atoms with E-state index in [0.717, 1.165) is 27.0 Å². The van der Waals surface area contributed by atoms with Crippen LogP contribution in [0.25, 0.3) is 17.1 Å². The second-order valence-electron chi connectivity index (χ2n) is 5.46. The van der Waals surface area contributed by atoms with Crippen LogP contribution in [-0.4, -0.2) is 26.9 Å². The van der Waals surface area contributed by atoms with Gasteiger partial charge in [0.25, 0.3) is 0 Å². The van der Waals surface area contributed by atoms with Gasteiger partial charge >= 0.3 is 0 Å². The second kappa shape index (κ2) is 7.37. The lowest BCUT2D eigenvalue weighted by Gasteiger charge is -2.02. The fraction of sp³-hybridized carbons (Fsp3) is 0.105. The van der Waals surface area contributed by atoms with Crippen LogP contribution >= 0.6 is 11.3 Å². The monoisotopic (exact) mass is 364 g/mol. The Morgan fingerprint density at radius 3 is 2.54 bits per heavy atom. The highest BCUT2D eigenvalue weighted by atomic mass is 32.1. The van der Waals surface area contributed by atoms with Crippen molar-refractivity contribution in [1.82, 2.24) is 19.8 Å². The molecule has 7 heteroatoms. The molecule has 0 aliphatic heterocycles. The zero-order valence-corrected chi connectivity index (χ0v) is 14.9. The van der Waals surface area contributed by atoms with E-state index in [1.54, 1.807) is 11.6 Å². The summed E-state index contributed by atoms with van der Waals surface area (Å²) in [5.74, 6) is 2.30. The number of ether oxygens (including phenoxy) is 2. The van der Waals surface area contributed by atoms with Gasteiger partial charge in [0, 0.05) is 0 Å². The summed E-state index contributed by atoms with van der Waals surface area (Å²) in [6, 6.07) is 17.5. The molecule has 0 unspecified atom stereocenters. The van der Waals surface area contributed by atoms with Crippen LogP contribution in [0.4, 0.5) is 0 Å². The van der Waals surface area contributed by atoms with Crippen molar-refractivity contribution in [3.05, 3.63) is 71.0 Å². The van der Waals surface area contributed by atoms with Gasteiger partial charge in [-0.15, -0.1) is 10.2 Å². The van der Waals surface area contributed by atoms with E-state index in [4.69, 9.17) is 9.47 Å². The standard InChI is InChI=1S/C19H16N4O2S/c1-24-15-10-7-14(8-11-15)9-12-18-22-23-17(20-21-19(23)26-18)13-25-16-5-3-2-4-6-16/h2-12H,13H2,1H3/b12-9-. The summed E-state index contributed by atoms with van der Waals surface area (Å²) < 4.78 is 12.6. The molecular weight excluding hydrogens is 348 g/mol. The van der Waals surface area contributed by atoms with E-state index in [-0.39, 0.29) is 0 Å². The molecule has 26 heavy (non-hydrogen) atoms. The minimum Gasteiger partial charge on any atom is -0.497 e. The first-order valence-electron chi connectivity index (χ1n) is 8.03. The van der Waals surface area contributed by atoms with Crippen LogP contribution < -0.4 is 9.47 Å². The van der Waals surface area contributed by atoms with Crippen molar-refractivity contribution in [2.75, 3.05) is 7.11 Å². The van der Waals surface area contributed by atoms with Crippen molar-refractivity contribution in [3.63, 3.8) is 0 Å². The summed E-state index contributed by atoms with van der Waals surface area (Å²) in [6.07, 6.45) is 3.97. The summed E-state index contributed by atoms with van der Waals surface area (Å²) in [4.78, 5) is 0.742. The van der Waals surface area contributed by atoms with E-state index in [0.29, 0.717) is 12.4 Å². The zero-order chi connectivity index (χ0) is 17.8. The minimum absolute atomic E-state index is 0.316. The molecule has 0 N–H and O–H groups in total. The van der Waals surface area contributed by atoms with Crippen LogP contribution in [0.2, 0.25) is 0 Å². The predicted molar refractivity (Wildman–Crippen MR) is 101 cm³/mol. The van der Waals surface area contributed by atoms with E-state index in [1.807, 2.05) is 66.7 Å². The number of rotatable bonds is 6. The highest BCUT2D eigenvalue weighted by Crippen LogP contribution is 2.19. The molecule has 4 aromatic rings. The number of methoxy groups -OCH3 is 1. The van der Waals surface area contributed by atoms with Crippen molar-refractivity contribution < 1.29 is 9.47 Å². The molecule has 0 radical (unpaired) electrons. The molecule has 0 saturated carbocycles. The molecular formula is C19H16N4O2S. The summed E-state index contributed by atoms with van der Waals surface area (Å²) in [6.45, 7) is 0.316. The van der Waals surface area contributed by atoms with Gasteiger partial charge < -0.3 is 9.47 Å². The molecule has 4 rings (SSSR count). The Morgan fingerprint density at radius 2 is 1.77 bits per heavy atom. The fourth-order valence-corrected chi connectivity index (χ4v) is 3.14. The first-order chi connectivity index (χ1) is 12.8. The molecule has 0 fully saturated rings. The van der Waals surface area contributed by atoms with Crippen molar-refractivity contribution in [2.24, 2.45) is 0 Å². The van der Waals surface area contributed by atoms with E-state index in [1.165, 1.54) is 11.3 Å². The normalized spacial score (nSPS) is 11.3. The number of fused-ring (bicyclic) bond motifs is 1. The van der Waals surface area contributed by atoms with Gasteiger partial charge in [0.05, 0.1) is 7.11 Å². The molecule has 0 aliphatic rings. The SMILES string of the molecule is COc1ccc(/C=C\c2nn3c(COc4ccccc4)nnc3s2)cc1. The Kier molecular flexibility index (Phi) is 4.61. The van der Waals surface area contributed by atoms with Gasteiger partial charge in [0.15, 0.2) is 5.82 Å². The van der Waals surface area contributed by atoms with Crippen molar-refractivity contribution in [2.45, 2.75) is 6.61 Å². The Morgan fingerprint density at radius 1 is 0.962 bits per heavy atom. The third-order valence-electron chi connectivity index (χ3n) is 3.72. The van der Waals surface area contributed by atoms with Gasteiger partial charge in [-0.3, -0.25) is 0 Å².